The maximum Gasteiger partial charge on any atom is 0.356 e. The lowest BCUT2D eigenvalue weighted by Crippen LogP contribution is -2.19. The van der Waals surface area contributed by atoms with Crippen molar-refractivity contribution in [3.05, 3.63) is 29.6 Å². The molecule has 76 valence electrons. The van der Waals surface area contributed by atoms with E-state index >= 15 is 0 Å². The van der Waals surface area contributed by atoms with Crippen LogP contribution in [-0.4, -0.2) is 24.1 Å². The first-order valence-corrected chi connectivity index (χ1v) is 4.43. The molecule has 0 aliphatic rings. The van der Waals surface area contributed by atoms with E-state index in [4.69, 9.17) is 5.73 Å². The van der Waals surface area contributed by atoms with Crippen molar-refractivity contribution in [2.45, 2.75) is 19.4 Å². The van der Waals surface area contributed by atoms with Crippen molar-refractivity contribution >= 4 is 5.97 Å². The summed E-state index contributed by atoms with van der Waals surface area (Å²) in [5.41, 5.74) is 6.76. The molecule has 0 aliphatic carbocycles. The topological polar surface area (TPSA) is 65.2 Å². The summed E-state index contributed by atoms with van der Waals surface area (Å²) in [6.07, 6.45) is 0.658. The molecular formula is C10H14N2O2. The zero-order valence-corrected chi connectivity index (χ0v) is 8.36. The average molecular weight is 194 g/mol. The van der Waals surface area contributed by atoms with Gasteiger partial charge in [-0.2, -0.15) is 0 Å². The summed E-state index contributed by atoms with van der Waals surface area (Å²) in [4.78, 5) is 15.3. The van der Waals surface area contributed by atoms with Crippen LogP contribution >= 0.6 is 0 Å². The van der Waals surface area contributed by atoms with Crippen LogP contribution in [0.1, 0.15) is 23.1 Å². The summed E-state index contributed by atoms with van der Waals surface area (Å²) in [5, 5.41) is 0. The van der Waals surface area contributed by atoms with Crippen molar-refractivity contribution in [1.29, 1.82) is 0 Å². The van der Waals surface area contributed by atoms with E-state index in [-0.39, 0.29) is 6.04 Å². The highest BCUT2D eigenvalue weighted by Crippen LogP contribution is 2.03. The first-order chi connectivity index (χ1) is 6.63. The maximum atomic E-state index is 11.1. The SMILES string of the molecule is COC(=O)c1cccc(CC(C)N)n1. The van der Waals surface area contributed by atoms with Gasteiger partial charge in [-0.05, 0) is 19.1 Å². The molecular weight excluding hydrogens is 180 g/mol. The van der Waals surface area contributed by atoms with E-state index in [2.05, 4.69) is 9.72 Å². The van der Waals surface area contributed by atoms with Gasteiger partial charge in [0.15, 0.2) is 0 Å². The lowest BCUT2D eigenvalue weighted by atomic mass is 10.1. The number of carbonyl (C=O) groups excluding carboxylic acids is 1. The fourth-order valence-electron chi connectivity index (χ4n) is 1.14. The molecule has 0 fully saturated rings. The quantitative estimate of drug-likeness (QED) is 0.721. The molecule has 2 N–H and O–H groups in total. The number of aromatic nitrogens is 1. The summed E-state index contributed by atoms with van der Waals surface area (Å²) in [6, 6.07) is 5.28. The number of carbonyl (C=O) groups is 1. The van der Waals surface area contributed by atoms with Gasteiger partial charge in [-0.3, -0.25) is 0 Å². The molecule has 1 unspecified atom stereocenters. The molecule has 0 amide bonds. The summed E-state index contributed by atoms with van der Waals surface area (Å²) in [6.45, 7) is 1.90. The van der Waals surface area contributed by atoms with E-state index in [1.54, 1.807) is 12.1 Å². The van der Waals surface area contributed by atoms with Gasteiger partial charge < -0.3 is 10.5 Å². The minimum Gasteiger partial charge on any atom is -0.464 e. The van der Waals surface area contributed by atoms with E-state index in [0.717, 1.165) is 5.69 Å². The van der Waals surface area contributed by atoms with Gasteiger partial charge in [0.1, 0.15) is 5.69 Å². The molecule has 4 heteroatoms. The van der Waals surface area contributed by atoms with Crippen LogP contribution in [0.2, 0.25) is 0 Å². The van der Waals surface area contributed by atoms with E-state index < -0.39 is 5.97 Å². The number of methoxy groups -OCH3 is 1. The van der Waals surface area contributed by atoms with Gasteiger partial charge >= 0.3 is 5.97 Å². The Bertz CT molecular complexity index is 324. The molecule has 1 heterocycles. The maximum absolute atomic E-state index is 11.1. The number of nitrogens with zero attached hydrogens (tertiary/aromatic N) is 1. The Kier molecular flexibility index (Phi) is 3.59. The molecule has 0 spiro atoms. The van der Waals surface area contributed by atoms with Crippen LogP contribution in [0.4, 0.5) is 0 Å². The van der Waals surface area contributed by atoms with Gasteiger partial charge in [0, 0.05) is 18.2 Å². The number of nitrogens with two attached hydrogens (primary N) is 1. The van der Waals surface area contributed by atoms with Crippen molar-refractivity contribution in [2.75, 3.05) is 7.11 Å². The highest BCUT2D eigenvalue weighted by Gasteiger charge is 2.07. The van der Waals surface area contributed by atoms with Gasteiger partial charge in [0.2, 0.25) is 0 Å². The zero-order valence-electron chi connectivity index (χ0n) is 8.36. The number of hydrogen-bond acceptors (Lipinski definition) is 4. The Morgan fingerprint density at radius 1 is 1.64 bits per heavy atom. The predicted octanol–water partition coefficient (Wildman–Crippen LogP) is 0.758. The molecule has 0 saturated carbocycles. The molecule has 1 aromatic heterocycles. The number of pyridine rings is 1. The average Bonchev–Trinajstić information content (AvgIpc) is 2.16. The molecule has 1 rings (SSSR count). The van der Waals surface area contributed by atoms with Crippen molar-refractivity contribution < 1.29 is 9.53 Å². The van der Waals surface area contributed by atoms with Gasteiger partial charge in [0.05, 0.1) is 7.11 Å². The third-order valence-electron chi connectivity index (χ3n) is 1.73. The van der Waals surface area contributed by atoms with E-state index in [1.807, 2.05) is 13.0 Å². The van der Waals surface area contributed by atoms with E-state index in [9.17, 15) is 4.79 Å². The van der Waals surface area contributed by atoms with Crippen LogP contribution in [0.25, 0.3) is 0 Å². The second-order valence-electron chi connectivity index (χ2n) is 3.19. The van der Waals surface area contributed by atoms with E-state index in [1.165, 1.54) is 7.11 Å². The molecule has 4 nitrogen and oxygen atoms in total. The molecule has 0 aromatic carbocycles. The van der Waals surface area contributed by atoms with Gasteiger partial charge in [-0.25, -0.2) is 9.78 Å². The Hall–Kier alpha value is -1.42. The van der Waals surface area contributed by atoms with Crippen molar-refractivity contribution in [3.8, 4) is 0 Å². The molecule has 14 heavy (non-hydrogen) atoms. The number of ether oxygens (including phenoxy) is 1. The first kappa shape index (κ1) is 10.7. The van der Waals surface area contributed by atoms with Crippen molar-refractivity contribution in [3.63, 3.8) is 0 Å². The molecule has 0 bridgehead atoms. The monoisotopic (exact) mass is 194 g/mol. The Balaban J connectivity index is 2.84. The van der Waals surface area contributed by atoms with Crippen LogP contribution in [0.15, 0.2) is 18.2 Å². The zero-order chi connectivity index (χ0) is 10.6. The van der Waals surface area contributed by atoms with Crippen LogP contribution in [0.5, 0.6) is 0 Å². The normalized spacial score (nSPS) is 12.2. The summed E-state index contributed by atoms with van der Waals surface area (Å²) >= 11 is 0. The molecule has 1 aromatic rings. The lowest BCUT2D eigenvalue weighted by molar-refractivity contribution is 0.0593. The Labute approximate surface area is 83.1 Å². The summed E-state index contributed by atoms with van der Waals surface area (Å²) in [7, 11) is 1.34. The third kappa shape index (κ3) is 2.81. The fourth-order valence-corrected chi connectivity index (χ4v) is 1.14. The summed E-state index contributed by atoms with van der Waals surface area (Å²) in [5.74, 6) is -0.420. The van der Waals surface area contributed by atoms with Crippen molar-refractivity contribution in [2.24, 2.45) is 5.73 Å². The van der Waals surface area contributed by atoms with Crippen LogP contribution in [0, 0.1) is 0 Å². The van der Waals surface area contributed by atoms with Crippen LogP contribution in [-0.2, 0) is 11.2 Å². The number of esters is 1. The third-order valence-corrected chi connectivity index (χ3v) is 1.73. The second-order valence-corrected chi connectivity index (χ2v) is 3.19. The second kappa shape index (κ2) is 4.72. The summed E-state index contributed by atoms with van der Waals surface area (Å²) < 4.78 is 4.56. The van der Waals surface area contributed by atoms with Gasteiger partial charge in [0.25, 0.3) is 0 Å². The molecule has 1 atom stereocenters. The Morgan fingerprint density at radius 3 is 2.93 bits per heavy atom. The fraction of sp³-hybridized carbons (Fsp3) is 0.400. The smallest absolute Gasteiger partial charge is 0.356 e. The van der Waals surface area contributed by atoms with Crippen molar-refractivity contribution in [1.82, 2.24) is 4.98 Å². The van der Waals surface area contributed by atoms with Crippen LogP contribution < -0.4 is 5.73 Å². The van der Waals surface area contributed by atoms with E-state index in [0.29, 0.717) is 12.1 Å². The highest BCUT2D eigenvalue weighted by molar-refractivity contribution is 5.87. The molecule has 0 radical (unpaired) electrons. The van der Waals surface area contributed by atoms with Gasteiger partial charge in [-0.1, -0.05) is 6.07 Å². The highest BCUT2D eigenvalue weighted by atomic mass is 16.5. The number of hydrogen-bond donors (Lipinski definition) is 1. The largest absolute Gasteiger partial charge is 0.464 e. The lowest BCUT2D eigenvalue weighted by Gasteiger charge is -2.05. The predicted molar refractivity (Wildman–Crippen MR) is 52.9 cm³/mol. The number of rotatable bonds is 3. The first-order valence-electron chi connectivity index (χ1n) is 4.43. The minimum absolute atomic E-state index is 0.0374. The van der Waals surface area contributed by atoms with Crippen LogP contribution in [0.3, 0.4) is 0 Å². The molecule has 0 saturated heterocycles. The van der Waals surface area contributed by atoms with Gasteiger partial charge in [-0.15, -0.1) is 0 Å². The standard InChI is InChI=1S/C10H14N2O2/c1-7(11)6-8-4-3-5-9(12-8)10(13)14-2/h3-5,7H,6,11H2,1-2H3. The molecule has 0 aliphatic heterocycles. The Morgan fingerprint density at radius 2 is 2.36 bits per heavy atom. The minimum atomic E-state index is -0.420.